The molecular formula is C6H11NO. The molecule has 2 rings (SSSR count). The van der Waals surface area contributed by atoms with Gasteiger partial charge in [0, 0.05) is 19.1 Å². The maximum absolute atomic E-state index is 9.18. The second-order valence-corrected chi connectivity index (χ2v) is 2.75. The van der Waals surface area contributed by atoms with Crippen LogP contribution in [0.5, 0.6) is 0 Å². The molecule has 2 atom stereocenters. The molecule has 0 bridgehead atoms. The Bertz CT molecular complexity index is 98.7. The Morgan fingerprint density at radius 1 is 1.25 bits per heavy atom. The number of rotatable bonds is 0. The topological polar surface area (TPSA) is 23.5 Å². The lowest BCUT2D eigenvalue weighted by Gasteiger charge is -2.35. The van der Waals surface area contributed by atoms with Gasteiger partial charge in [-0.25, -0.2) is 0 Å². The fourth-order valence-electron chi connectivity index (χ4n) is 1.66. The lowest BCUT2D eigenvalue weighted by atomic mass is 10.0. The minimum atomic E-state index is 0.00347. The number of hydrogen-bond acceptors (Lipinski definition) is 2. The molecule has 46 valence electrons. The highest BCUT2D eigenvalue weighted by Gasteiger charge is 2.38. The molecule has 0 aromatic rings. The third-order valence-electron chi connectivity index (χ3n) is 2.34. The van der Waals surface area contributed by atoms with E-state index < -0.39 is 0 Å². The van der Waals surface area contributed by atoms with Crippen molar-refractivity contribution >= 4 is 0 Å². The van der Waals surface area contributed by atoms with E-state index in [1.165, 1.54) is 13.0 Å². The molecule has 8 heavy (non-hydrogen) atoms. The van der Waals surface area contributed by atoms with Gasteiger partial charge in [0.05, 0.1) is 6.10 Å². The van der Waals surface area contributed by atoms with Gasteiger partial charge in [-0.15, -0.1) is 0 Å². The molecule has 2 saturated heterocycles. The Balaban J connectivity index is 2.05. The van der Waals surface area contributed by atoms with Gasteiger partial charge in [-0.05, 0) is 12.8 Å². The molecule has 2 nitrogen and oxygen atoms in total. The van der Waals surface area contributed by atoms with Crippen molar-refractivity contribution in [2.45, 2.75) is 25.0 Å². The maximum Gasteiger partial charge on any atom is 0.0708 e. The van der Waals surface area contributed by atoms with Crippen molar-refractivity contribution in [1.29, 1.82) is 0 Å². The smallest absolute Gasteiger partial charge is 0.0708 e. The van der Waals surface area contributed by atoms with Crippen molar-refractivity contribution in [3.05, 3.63) is 0 Å². The molecule has 1 N–H and O–H groups in total. The predicted octanol–water partition coefficient (Wildman–Crippen LogP) is -0.175. The summed E-state index contributed by atoms with van der Waals surface area (Å²) in [4.78, 5) is 2.35. The Morgan fingerprint density at radius 3 is 2.25 bits per heavy atom. The highest BCUT2D eigenvalue weighted by atomic mass is 16.3. The molecule has 0 spiro atoms. The van der Waals surface area contributed by atoms with E-state index >= 15 is 0 Å². The van der Waals surface area contributed by atoms with Crippen LogP contribution in [0.3, 0.4) is 0 Å². The lowest BCUT2D eigenvalue weighted by Crippen LogP contribution is -2.46. The van der Waals surface area contributed by atoms with Crippen LogP contribution < -0.4 is 0 Å². The molecule has 0 aromatic carbocycles. The third kappa shape index (κ3) is 0.446. The van der Waals surface area contributed by atoms with E-state index in [1.54, 1.807) is 0 Å². The third-order valence-corrected chi connectivity index (χ3v) is 2.34. The molecule has 2 unspecified atom stereocenters. The number of fused-ring (bicyclic) bond motifs is 1. The van der Waals surface area contributed by atoms with Gasteiger partial charge < -0.3 is 5.11 Å². The Labute approximate surface area is 49.1 Å². The number of aliphatic hydroxyl groups is 1. The van der Waals surface area contributed by atoms with Crippen LogP contribution in [0.2, 0.25) is 0 Å². The van der Waals surface area contributed by atoms with Gasteiger partial charge in [-0.3, -0.25) is 4.90 Å². The van der Waals surface area contributed by atoms with Gasteiger partial charge in [-0.1, -0.05) is 0 Å². The summed E-state index contributed by atoms with van der Waals surface area (Å²) in [5.74, 6) is 0. The van der Waals surface area contributed by atoms with Crippen molar-refractivity contribution in [3.8, 4) is 0 Å². The summed E-state index contributed by atoms with van der Waals surface area (Å²) in [7, 11) is 0. The van der Waals surface area contributed by atoms with Crippen molar-refractivity contribution in [1.82, 2.24) is 4.90 Å². The van der Waals surface area contributed by atoms with E-state index in [1.807, 2.05) is 0 Å². The van der Waals surface area contributed by atoms with Gasteiger partial charge in [0.1, 0.15) is 0 Å². The second-order valence-electron chi connectivity index (χ2n) is 2.75. The van der Waals surface area contributed by atoms with Crippen LogP contribution in [-0.2, 0) is 0 Å². The molecule has 2 heteroatoms. The van der Waals surface area contributed by atoms with Gasteiger partial charge in [0.15, 0.2) is 0 Å². The van der Waals surface area contributed by atoms with Crippen molar-refractivity contribution < 1.29 is 5.11 Å². The molecule has 0 aliphatic carbocycles. The first-order valence-corrected chi connectivity index (χ1v) is 3.30. The summed E-state index contributed by atoms with van der Waals surface area (Å²) < 4.78 is 0. The summed E-state index contributed by atoms with van der Waals surface area (Å²) >= 11 is 0. The standard InChI is InChI=1S/C6H11NO/c8-6-2-4-7-3-1-5(6)7/h5-6,8H,1-4H2. The molecule has 2 fully saturated rings. The summed E-state index contributed by atoms with van der Waals surface area (Å²) in [6.45, 7) is 2.35. The van der Waals surface area contributed by atoms with E-state index in [2.05, 4.69) is 4.90 Å². The van der Waals surface area contributed by atoms with Gasteiger partial charge in [0.2, 0.25) is 0 Å². The van der Waals surface area contributed by atoms with Crippen LogP contribution in [0.25, 0.3) is 0 Å². The number of aliphatic hydroxyl groups excluding tert-OH is 1. The average molecular weight is 113 g/mol. The lowest BCUT2D eigenvalue weighted by molar-refractivity contribution is 0.0525. The first kappa shape index (κ1) is 4.77. The monoisotopic (exact) mass is 113 g/mol. The normalized spacial score (nSPS) is 46.1. The Hall–Kier alpha value is -0.0800. The average Bonchev–Trinajstić information content (AvgIpc) is 1.80. The fraction of sp³-hybridized carbons (Fsp3) is 1.00. The van der Waals surface area contributed by atoms with Crippen LogP contribution in [0, 0.1) is 0 Å². The minimum Gasteiger partial charge on any atom is -0.391 e. The molecule has 2 aliphatic rings. The van der Waals surface area contributed by atoms with E-state index in [0.717, 1.165) is 13.0 Å². The zero-order valence-corrected chi connectivity index (χ0v) is 4.88. The molecule has 2 heterocycles. The number of nitrogens with zero attached hydrogens (tertiary/aromatic N) is 1. The summed E-state index contributed by atoms with van der Waals surface area (Å²) in [5, 5.41) is 9.18. The van der Waals surface area contributed by atoms with E-state index in [4.69, 9.17) is 0 Å². The first-order chi connectivity index (χ1) is 3.88. The van der Waals surface area contributed by atoms with Crippen LogP contribution in [0.4, 0.5) is 0 Å². The SMILES string of the molecule is OC1CCN2CCC12. The van der Waals surface area contributed by atoms with Gasteiger partial charge in [0.25, 0.3) is 0 Å². The molecule has 0 amide bonds. The summed E-state index contributed by atoms with van der Waals surface area (Å²) in [6.07, 6.45) is 2.23. The van der Waals surface area contributed by atoms with Crippen LogP contribution in [0.15, 0.2) is 0 Å². The Kier molecular flexibility index (Phi) is 0.866. The fourth-order valence-corrected chi connectivity index (χ4v) is 1.66. The largest absolute Gasteiger partial charge is 0.391 e. The highest BCUT2D eigenvalue weighted by Crippen LogP contribution is 2.28. The Morgan fingerprint density at radius 2 is 2.00 bits per heavy atom. The molecular weight excluding hydrogens is 102 g/mol. The predicted molar refractivity (Wildman–Crippen MR) is 30.6 cm³/mol. The summed E-state index contributed by atoms with van der Waals surface area (Å²) in [6, 6.07) is 0.551. The number of hydrogen-bond donors (Lipinski definition) is 1. The van der Waals surface area contributed by atoms with E-state index in [-0.39, 0.29) is 6.10 Å². The van der Waals surface area contributed by atoms with Crippen LogP contribution in [0.1, 0.15) is 12.8 Å². The van der Waals surface area contributed by atoms with Crippen LogP contribution in [-0.4, -0.2) is 35.2 Å². The minimum absolute atomic E-state index is 0.00347. The zero-order valence-electron chi connectivity index (χ0n) is 4.88. The van der Waals surface area contributed by atoms with Crippen molar-refractivity contribution in [2.24, 2.45) is 0 Å². The molecule has 2 aliphatic heterocycles. The van der Waals surface area contributed by atoms with Gasteiger partial charge >= 0.3 is 0 Å². The maximum atomic E-state index is 9.18. The van der Waals surface area contributed by atoms with Crippen molar-refractivity contribution in [2.75, 3.05) is 13.1 Å². The first-order valence-electron chi connectivity index (χ1n) is 3.30. The van der Waals surface area contributed by atoms with E-state index in [0.29, 0.717) is 6.04 Å². The molecule has 0 saturated carbocycles. The highest BCUT2D eigenvalue weighted by molar-refractivity contribution is 4.94. The summed E-state index contributed by atoms with van der Waals surface area (Å²) in [5.41, 5.74) is 0. The zero-order chi connectivity index (χ0) is 5.56. The van der Waals surface area contributed by atoms with Gasteiger partial charge in [-0.2, -0.15) is 0 Å². The molecule has 0 radical (unpaired) electrons. The van der Waals surface area contributed by atoms with E-state index in [9.17, 15) is 5.11 Å². The second kappa shape index (κ2) is 1.45. The molecule has 0 aromatic heterocycles. The van der Waals surface area contributed by atoms with Crippen molar-refractivity contribution in [3.63, 3.8) is 0 Å². The quantitative estimate of drug-likeness (QED) is 0.471. The van der Waals surface area contributed by atoms with Crippen LogP contribution >= 0.6 is 0 Å².